The molecule has 2 rings (SSSR count). The quantitative estimate of drug-likeness (QED) is 0.882. The number of aromatic nitrogens is 2. The van der Waals surface area contributed by atoms with Gasteiger partial charge < -0.3 is 11.1 Å². The molecule has 1 unspecified atom stereocenters. The third-order valence-corrected chi connectivity index (χ3v) is 3.69. The number of hydrogen-bond donors (Lipinski definition) is 2. The molecule has 20 heavy (non-hydrogen) atoms. The third kappa shape index (κ3) is 3.28. The minimum atomic E-state index is 0.138. The smallest absolute Gasteiger partial charge is 0.135 e. The molecular formula is C15H19BrN4. The molecule has 0 fully saturated rings. The van der Waals surface area contributed by atoms with Crippen molar-refractivity contribution in [2.45, 2.75) is 32.7 Å². The summed E-state index contributed by atoms with van der Waals surface area (Å²) in [5.74, 6) is 1.62. The van der Waals surface area contributed by atoms with Crippen LogP contribution in [0, 0.1) is 0 Å². The van der Waals surface area contributed by atoms with Crippen LogP contribution in [0.2, 0.25) is 0 Å². The summed E-state index contributed by atoms with van der Waals surface area (Å²) in [5.41, 5.74) is 8.12. The lowest BCUT2D eigenvalue weighted by Crippen LogP contribution is -2.13. The summed E-state index contributed by atoms with van der Waals surface area (Å²) in [6, 6.07) is 8.35. The molecule has 0 aliphatic rings. The van der Waals surface area contributed by atoms with Crippen LogP contribution in [-0.2, 0) is 0 Å². The molecule has 0 saturated heterocycles. The topological polar surface area (TPSA) is 63.8 Å². The van der Waals surface area contributed by atoms with Crippen molar-refractivity contribution in [2.24, 2.45) is 0 Å². The number of rotatable bonds is 4. The zero-order valence-corrected chi connectivity index (χ0v) is 13.5. The van der Waals surface area contributed by atoms with E-state index in [9.17, 15) is 0 Å². The van der Waals surface area contributed by atoms with Gasteiger partial charge in [0.05, 0.1) is 0 Å². The number of nitrogens with zero attached hydrogens (tertiary/aromatic N) is 2. The fourth-order valence-electron chi connectivity index (χ4n) is 2.16. The molecule has 0 aliphatic carbocycles. The van der Waals surface area contributed by atoms with E-state index in [1.54, 1.807) is 0 Å². The summed E-state index contributed by atoms with van der Waals surface area (Å²) in [6.45, 7) is 6.28. The van der Waals surface area contributed by atoms with Crippen LogP contribution in [0.4, 0.5) is 11.6 Å². The second-order valence-corrected chi connectivity index (χ2v) is 6.01. The Kier molecular flexibility index (Phi) is 4.60. The maximum Gasteiger partial charge on any atom is 0.135 e. The summed E-state index contributed by atoms with van der Waals surface area (Å²) in [6.07, 6.45) is 1.50. The Bertz CT molecular complexity index is 598. The van der Waals surface area contributed by atoms with Gasteiger partial charge in [-0.25, -0.2) is 9.97 Å². The van der Waals surface area contributed by atoms with Crippen molar-refractivity contribution in [3.63, 3.8) is 0 Å². The van der Waals surface area contributed by atoms with Crippen molar-refractivity contribution in [1.82, 2.24) is 9.97 Å². The van der Waals surface area contributed by atoms with Crippen LogP contribution in [0.3, 0.4) is 0 Å². The molecule has 5 heteroatoms. The van der Waals surface area contributed by atoms with Gasteiger partial charge in [-0.05, 0) is 30.5 Å². The van der Waals surface area contributed by atoms with E-state index in [2.05, 4.69) is 64.1 Å². The Balaban J connectivity index is 2.28. The number of halogens is 1. The highest BCUT2D eigenvalue weighted by molar-refractivity contribution is 9.10. The van der Waals surface area contributed by atoms with Crippen molar-refractivity contribution in [1.29, 1.82) is 0 Å². The van der Waals surface area contributed by atoms with Gasteiger partial charge in [0.25, 0.3) is 0 Å². The zero-order chi connectivity index (χ0) is 14.7. The van der Waals surface area contributed by atoms with Crippen LogP contribution in [0.15, 0.2) is 35.1 Å². The number of benzene rings is 1. The lowest BCUT2D eigenvalue weighted by atomic mass is 10.0. The van der Waals surface area contributed by atoms with Gasteiger partial charge in [-0.15, -0.1) is 0 Å². The van der Waals surface area contributed by atoms with Crippen molar-refractivity contribution in [3.8, 4) is 0 Å². The third-order valence-electron chi connectivity index (χ3n) is 3.19. The Hall–Kier alpha value is -1.62. The number of anilines is 2. The maximum atomic E-state index is 5.96. The average Bonchev–Trinajstić information content (AvgIpc) is 2.38. The Morgan fingerprint density at radius 1 is 1.20 bits per heavy atom. The van der Waals surface area contributed by atoms with Crippen LogP contribution in [-0.4, -0.2) is 9.97 Å². The molecule has 1 aromatic heterocycles. The highest BCUT2D eigenvalue weighted by Crippen LogP contribution is 2.29. The van der Waals surface area contributed by atoms with Gasteiger partial charge in [-0.1, -0.05) is 41.9 Å². The number of hydrogen-bond acceptors (Lipinski definition) is 4. The Labute approximate surface area is 128 Å². The summed E-state index contributed by atoms with van der Waals surface area (Å²) in [4.78, 5) is 8.41. The van der Waals surface area contributed by atoms with Gasteiger partial charge in [0.1, 0.15) is 18.0 Å². The number of nitrogens with two attached hydrogens (primary N) is 1. The molecule has 2 aromatic rings. The van der Waals surface area contributed by atoms with Crippen LogP contribution < -0.4 is 11.1 Å². The minimum Gasteiger partial charge on any atom is -0.383 e. The molecule has 4 nitrogen and oxygen atoms in total. The van der Waals surface area contributed by atoms with Crippen molar-refractivity contribution in [3.05, 3.63) is 46.2 Å². The molecule has 0 bridgehead atoms. The van der Waals surface area contributed by atoms with E-state index < -0.39 is 0 Å². The first-order valence-corrected chi connectivity index (χ1v) is 7.40. The van der Waals surface area contributed by atoms with E-state index in [-0.39, 0.29) is 12.0 Å². The van der Waals surface area contributed by atoms with Gasteiger partial charge in [0, 0.05) is 16.1 Å². The number of nitrogens with one attached hydrogen (secondary N) is 1. The van der Waals surface area contributed by atoms with E-state index in [0.717, 1.165) is 15.9 Å². The molecule has 0 amide bonds. The van der Waals surface area contributed by atoms with Crippen LogP contribution in [0.25, 0.3) is 0 Å². The lowest BCUT2D eigenvalue weighted by Gasteiger charge is -2.19. The molecule has 0 aliphatic heterocycles. The summed E-state index contributed by atoms with van der Waals surface area (Å²) in [5, 5.41) is 3.42. The summed E-state index contributed by atoms with van der Waals surface area (Å²) >= 11 is 3.49. The van der Waals surface area contributed by atoms with E-state index in [1.165, 1.54) is 11.9 Å². The monoisotopic (exact) mass is 334 g/mol. The van der Waals surface area contributed by atoms with Crippen molar-refractivity contribution < 1.29 is 0 Å². The first-order chi connectivity index (χ1) is 9.49. The van der Waals surface area contributed by atoms with Crippen LogP contribution in [0.5, 0.6) is 0 Å². The number of nitrogen functional groups attached to an aromatic ring is 1. The predicted molar refractivity (Wildman–Crippen MR) is 86.7 cm³/mol. The van der Waals surface area contributed by atoms with Gasteiger partial charge >= 0.3 is 0 Å². The first kappa shape index (κ1) is 14.8. The van der Waals surface area contributed by atoms with Crippen LogP contribution >= 0.6 is 15.9 Å². The predicted octanol–water partition coefficient (Wildman–Crippen LogP) is 4.12. The van der Waals surface area contributed by atoms with Crippen LogP contribution in [0.1, 0.15) is 43.9 Å². The van der Waals surface area contributed by atoms with E-state index in [1.807, 2.05) is 12.1 Å². The van der Waals surface area contributed by atoms with Crippen molar-refractivity contribution >= 4 is 27.6 Å². The zero-order valence-electron chi connectivity index (χ0n) is 11.9. The normalized spacial score (nSPS) is 12.4. The summed E-state index contributed by atoms with van der Waals surface area (Å²) < 4.78 is 1.06. The molecule has 0 spiro atoms. The lowest BCUT2D eigenvalue weighted by molar-refractivity contribution is 0.822. The minimum absolute atomic E-state index is 0.138. The Morgan fingerprint density at radius 3 is 2.60 bits per heavy atom. The standard InChI is InChI=1S/C15H19BrN4/c1-9(2)13-14(17)18-8-19-15(13)20-10(3)11-5-4-6-12(16)7-11/h4-10H,1-3H3,(H3,17,18,19,20). The van der Waals surface area contributed by atoms with Gasteiger partial charge in [-0.3, -0.25) is 0 Å². The van der Waals surface area contributed by atoms with Crippen molar-refractivity contribution in [2.75, 3.05) is 11.1 Å². The second kappa shape index (κ2) is 6.22. The first-order valence-electron chi connectivity index (χ1n) is 6.61. The SMILES string of the molecule is CC(C)c1c(N)ncnc1NC(C)c1cccc(Br)c1. The maximum absolute atomic E-state index is 5.96. The molecule has 106 valence electrons. The fourth-order valence-corrected chi connectivity index (χ4v) is 2.57. The average molecular weight is 335 g/mol. The molecule has 0 saturated carbocycles. The van der Waals surface area contributed by atoms with E-state index >= 15 is 0 Å². The van der Waals surface area contributed by atoms with Gasteiger partial charge in [0.2, 0.25) is 0 Å². The molecular weight excluding hydrogens is 316 g/mol. The van der Waals surface area contributed by atoms with Gasteiger partial charge in [-0.2, -0.15) is 0 Å². The fraction of sp³-hybridized carbons (Fsp3) is 0.333. The van der Waals surface area contributed by atoms with E-state index in [4.69, 9.17) is 5.73 Å². The molecule has 1 heterocycles. The highest BCUT2D eigenvalue weighted by Gasteiger charge is 2.15. The molecule has 1 aromatic carbocycles. The molecule has 3 N–H and O–H groups in total. The Morgan fingerprint density at radius 2 is 1.95 bits per heavy atom. The van der Waals surface area contributed by atoms with Gasteiger partial charge in [0.15, 0.2) is 0 Å². The van der Waals surface area contributed by atoms with E-state index in [0.29, 0.717) is 5.82 Å². The largest absolute Gasteiger partial charge is 0.383 e. The second-order valence-electron chi connectivity index (χ2n) is 5.10. The summed E-state index contributed by atoms with van der Waals surface area (Å²) in [7, 11) is 0. The molecule has 0 radical (unpaired) electrons. The highest BCUT2D eigenvalue weighted by atomic mass is 79.9. The molecule has 1 atom stereocenters.